The number of hydrogen-bond acceptors (Lipinski definition) is 5. The molecule has 0 N–H and O–H groups in total. The Hall–Kier alpha value is -2.01. The van der Waals surface area contributed by atoms with Crippen LogP contribution < -0.4 is 0 Å². The molecule has 0 bridgehead atoms. The molecule has 0 spiro atoms. The van der Waals surface area contributed by atoms with E-state index in [9.17, 15) is 14.4 Å². The van der Waals surface area contributed by atoms with Crippen molar-refractivity contribution in [2.75, 3.05) is 13.2 Å². The summed E-state index contributed by atoms with van der Waals surface area (Å²) >= 11 is 0. The number of carbonyl (C=O) groups is 3. The first-order valence-electron chi connectivity index (χ1n) is 4.19. The number of ether oxygens (including phenoxy) is 2. The van der Waals surface area contributed by atoms with Crippen molar-refractivity contribution in [2.24, 2.45) is 0 Å². The Bertz CT molecular complexity index is 330. The number of rotatable bonds is 5. The maximum absolute atomic E-state index is 11.1. The van der Waals surface area contributed by atoms with Crippen molar-refractivity contribution in [1.82, 2.24) is 0 Å². The Labute approximate surface area is 85.6 Å². The van der Waals surface area contributed by atoms with Crippen molar-refractivity contribution in [3.05, 3.63) is 5.53 Å². The molecule has 0 saturated carbocycles. The van der Waals surface area contributed by atoms with Gasteiger partial charge in [-0.2, -0.15) is 4.79 Å². The Morgan fingerprint density at radius 1 is 1.07 bits per heavy atom. The summed E-state index contributed by atoms with van der Waals surface area (Å²) in [5.74, 6) is -3.77. The number of ketones is 1. The zero-order valence-corrected chi connectivity index (χ0v) is 8.35. The molecule has 0 aromatic heterocycles. The van der Waals surface area contributed by atoms with Gasteiger partial charge >= 0.3 is 23.4 Å². The molecule has 7 nitrogen and oxygen atoms in total. The third-order valence-electron chi connectivity index (χ3n) is 1.24. The van der Waals surface area contributed by atoms with Gasteiger partial charge in [0.25, 0.3) is 0 Å². The predicted molar refractivity (Wildman–Crippen MR) is 46.9 cm³/mol. The Kier molecular flexibility index (Phi) is 5.58. The minimum Gasteiger partial charge on any atom is -0.460 e. The first-order chi connectivity index (χ1) is 7.08. The summed E-state index contributed by atoms with van der Waals surface area (Å²) in [4.78, 5) is 35.4. The van der Waals surface area contributed by atoms with Crippen LogP contribution in [-0.2, 0) is 23.9 Å². The molecule has 0 aromatic rings. The fraction of sp³-hybridized carbons (Fsp3) is 0.500. The summed E-state index contributed by atoms with van der Waals surface area (Å²) in [7, 11) is 0. The van der Waals surface area contributed by atoms with Gasteiger partial charge in [-0.05, 0) is 13.8 Å². The van der Waals surface area contributed by atoms with Gasteiger partial charge in [0.2, 0.25) is 0 Å². The molecule has 82 valence electrons. The largest absolute Gasteiger partial charge is 0.460 e. The molecule has 0 radical (unpaired) electrons. The molecule has 0 fully saturated rings. The Balaban J connectivity index is 4.71. The average molecular weight is 214 g/mol. The van der Waals surface area contributed by atoms with Crippen molar-refractivity contribution in [3.8, 4) is 0 Å². The summed E-state index contributed by atoms with van der Waals surface area (Å²) in [6.45, 7) is 2.97. The summed E-state index contributed by atoms with van der Waals surface area (Å²) < 4.78 is 8.71. The molecule has 0 amide bonds. The monoisotopic (exact) mass is 214 g/mol. The second-order valence-electron chi connectivity index (χ2n) is 2.22. The van der Waals surface area contributed by atoms with Crippen LogP contribution in [0.15, 0.2) is 0 Å². The minimum absolute atomic E-state index is 0.00599. The summed E-state index contributed by atoms with van der Waals surface area (Å²) in [5.41, 5.74) is 7.38. The number of Topliss-reactive ketones (excluding diaryl/α,β-unsaturated/α-hetero) is 1. The van der Waals surface area contributed by atoms with E-state index in [2.05, 4.69) is 14.3 Å². The number of carbonyl (C=O) groups excluding carboxylic acids is 3. The predicted octanol–water partition coefficient (Wildman–Crippen LogP) is -0.647. The van der Waals surface area contributed by atoms with Gasteiger partial charge in [0, 0.05) is 0 Å². The van der Waals surface area contributed by atoms with Crippen molar-refractivity contribution in [1.29, 1.82) is 0 Å². The molecule has 15 heavy (non-hydrogen) atoms. The van der Waals surface area contributed by atoms with Crippen LogP contribution in [0.5, 0.6) is 0 Å². The van der Waals surface area contributed by atoms with Crippen molar-refractivity contribution in [3.63, 3.8) is 0 Å². The van der Waals surface area contributed by atoms with Crippen molar-refractivity contribution < 1.29 is 28.6 Å². The van der Waals surface area contributed by atoms with E-state index in [1.54, 1.807) is 0 Å². The first-order valence-corrected chi connectivity index (χ1v) is 4.19. The van der Waals surface area contributed by atoms with Gasteiger partial charge in [-0.3, -0.25) is 4.79 Å². The quantitative estimate of drug-likeness (QED) is 0.151. The lowest BCUT2D eigenvalue weighted by Gasteiger charge is -1.97. The highest BCUT2D eigenvalue weighted by Gasteiger charge is 2.37. The van der Waals surface area contributed by atoms with E-state index in [1.165, 1.54) is 13.8 Å². The van der Waals surface area contributed by atoms with Crippen LogP contribution in [0.1, 0.15) is 13.8 Å². The van der Waals surface area contributed by atoms with Crippen LogP contribution >= 0.6 is 0 Å². The van der Waals surface area contributed by atoms with E-state index in [0.29, 0.717) is 0 Å². The molecule has 7 heteroatoms. The highest BCUT2D eigenvalue weighted by Crippen LogP contribution is 1.88. The van der Waals surface area contributed by atoms with Gasteiger partial charge < -0.3 is 15.0 Å². The van der Waals surface area contributed by atoms with Crippen LogP contribution in [0, 0.1) is 0 Å². The van der Waals surface area contributed by atoms with E-state index in [0.717, 1.165) is 0 Å². The van der Waals surface area contributed by atoms with Gasteiger partial charge in [-0.25, -0.2) is 9.59 Å². The lowest BCUT2D eigenvalue weighted by atomic mass is 10.2. The molecule has 0 aliphatic carbocycles. The van der Waals surface area contributed by atoms with E-state index in [1.807, 2.05) is 0 Å². The molecule has 0 aliphatic rings. The average Bonchev–Trinajstić information content (AvgIpc) is 2.19. The topological polar surface area (TPSA) is 106 Å². The van der Waals surface area contributed by atoms with Crippen LogP contribution in [0.25, 0.3) is 5.53 Å². The van der Waals surface area contributed by atoms with Crippen LogP contribution in [0.2, 0.25) is 0 Å². The molecule has 0 aliphatic heterocycles. The molecule has 0 aromatic carbocycles. The molecule has 0 heterocycles. The number of hydrogen-bond donors (Lipinski definition) is 0. The standard InChI is InChI=1S/C8H10N2O5/c1-3-14-7(12)5(10-9)6(11)8(13)15-4-2/h3-4H2,1-2H3. The van der Waals surface area contributed by atoms with Crippen LogP contribution in [0.3, 0.4) is 0 Å². The lowest BCUT2D eigenvalue weighted by molar-refractivity contribution is -0.154. The highest BCUT2D eigenvalue weighted by atomic mass is 16.5. The molecule has 0 atom stereocenters. The van der Waals surface area contributed by atoms with Gasteiger partial charge in [0.1, 0.15) is 0 Å². The van der Waals surface area contributed by atoms with E-state index in [4.69, 9.17) is 5.53 Å². The SMILES string of the molecule is CCOC(=O)C(=O)C(=[N+]=[N-])C(=O)OCC. The molecule has 0 rings (SSSR count). The smallest absolute Gasteiger partial charge is 0.453 e. The third-order valence-corrected chi connectivity index (χ3v) is 1.24. The van der Waals surface area contributed by atoms with E-state index < -0.39 is 23.4 Å². The van der Waals surface area contributed by atoms with Crippen molar-refractivity contribution >= 4 is 23.4 Å². The summed E-state index contributed by atoms with van der Waals surface area (Å²) in [6.07, 6.45) is 0. The number of esters is 2. The summed E-state index contributed by atoms with van der Waals surface area (Å²) in [5, 5.41) is 0. The second kappa shape index (κ2) is 6.44. The lowest BCUT2D eigenvalue weighted by Crippen LogP contribution is -2.34. The second-order valence-corrected chi connectivity index (χ2v) is 2.22. The molecular weight excluding hydrogens is 204 g/mol. The molecular formula is C8H10N2O5. The Morgan fingerprint density at radius 2 is 1.53 bits per heavy atom. The Morgan fingerprint density at radius 3 is 1.93 bits per heavy atom. The zero-order chi connectivity index (χ0) is 11.8. The van der Waals surface area contributed by atoms with E-state index >= 15 is 0 Å². The van der Waals surface area contributed by atoms with Gasteiger partial charge in [-0.1, -0.05) is 0 Å². The fourth-order valence-corrected chi connectivity index (χ4v) is 0.672. The maximum atomic E-state index is 11.1. The van der Waals surface area contributed by atoms with Gasteiger partial charge in [0.05, 0.1) is 13.2 Å². The fourth-order valence-electron chi connectivity index (χ4n) is 0.672. The zero-order valence-electron chi connectivity index (χ0n) is 8.35. The normalized spacial score (nSPS) is 8.67. The van der Waals surface area contributed by atoms with Crippen LogP contribution in [0.4, 0.5) is 0 Å². The number of nitrogens with zero attached hydrogens (tertiary/aromatic N) is 2. The van der Waals surface area contributed by atoms with Gasteiger partial charge in [0.15, 0.2) is 0 Å². The van der Waals surface area contributed by atoms with Crippen LogP contribution in [-0.4, -0.2) is 41.4 Å². The van der Waals surface area contributed by atoms with Crippen molar-refractivity contribution in [2.45, 2.75) is 13.8 Å². The maximum Gasteiger partial charge on any atom is 0.453 e. The molecule has 0 unspecified atom stereocenters. The summed E-state index contributed by atoms with van der Waals surface area (Å²) in [6, 6.07) is 0. The van der Waals surface area contributed by atoms with E-state index in [-0.39, 0.29) is 13.2 Å². The third kappa shape index (κ3) is 3.70. The highest BCUT2D eigenvalue weighted by molar-refractivity contribution is 6.76. The van der Waals surface area contributed by atoms with Gasteiger partial charge in [-0.15, -0.1) is 0 Å². The molecule has 0 saturated heterocycles. The first kappa shape index (κ1) is 13.0. The minimum atomic E-state index is -1.34.